The third kappa shape index (κ3) is 945. The Bertz CT molecular complexity index is 14.0. The molecule has 0 aliphatic carbocycles. The van der Waals surface area contributed by atoms with E-state index in [9.17, 15) is 0 Å². The second kappa shape index (κ2) is 53.1. The van der Waals surface area contributed by atoms with Crippen LogP contribution < -0.4 is 44.6 Å². The van der Waals surface area contributed by atoms with Gasteiger partial charge in [0.25, 0.3) is 0 Å². The molecule has 10 heteroatoms. The standard InChI is InChI=1S/BO3.Na.5H2O/c2-1(3)4;;;;;;/h;;5*1H2/q-3;+1;;;;;. The van der Waals surface area contributed by atoms with Gasteiger partial charge in [-0.15, -0.1) is 0 Å². The molecule has 0 aromatic carbocycles. The van der Waals surface area contributed by atoms with Gasteiger partial charge in [0.2, 0.25) is 0 Å². The van der Waals surface area contributed by atoms with Gasteiger partial charge in [-0.3, -0.25) is 7.32 Å². The summed E-state index contributed by atoms with van der Waals surface area (Å²) in [6, 6.07) is 0. The normalized spacial score (nSPS) is 2.70. The van der Waals surface area contributed by atoms with Crippen molar-refractivity contribution < 1.29 is 72.0 Å². The first-order valence-corrected chi connectivity index (χ1v) is 0.707. The summed E-state index contributed by atoms with van der Waals surface area (Å²) in [7, 11) is -2.92. The Morgan fingerprint density at radius 2 is 0.600 bits per heavy atom. The quantitative estimate of drug-likeness (QED) is 0.324. The molecule has 8 nitrogen and oxygen atoms in total. The smallest absolute Gasteiger partial charge is 0.907 e. The van der Waals surface area contributed by atoms with E-state index in [4.69, 9.17) is 15.1 Å². The Kier molecular flexibility index (Phi) is 387. The van der Waals surface area contributed by atoms with Gasteiger partial charge < -0.3 is 42.5 Å². The van der Waals surface area contributed by atoms with E-state index >= 15 is 0 Å². The van der Waals surface area contributed by atoms with Crippen molar-refractivity contribution in [3.8, 4) is 0 Å². The van der Waals surface area contributed by atoms with Crippen LogP contribution >= 0.6 is 0 Å². The molecular weight excluding hydrogens is 162 g/mol. The van der Waals surface area contributed by atoms with E-state index < -0.39 is 7.32 Å². The maximum absolute atomic E-state index is 8.42. The summed E-state index contributed by atoms with van der Waals surface area (Å²) < 4.78 is 0. The van der Waals surface area contributed by atoms with Gasteiger partial charge in [0.05, 0.1) is 0 Å². The Morgan fingerprint density at radius 1 is 0.600 bits per heavy atom. The van der Waals surface area contributed by atoms with E-state index in [1.54, 1.807) is 0 Å². The first kappa shape index (κ1) is 72.8. The van der Waals surface area contributed by atoms with Crippen LogP contribution in [-0.4, -0.2) is 34.7 Å². The molecule has 0 rings (SSSR count). The minimum Gasteiger partial charge on any atom is -0.907 e. The van der Waals surface area contributed by atoms with Crippen LogP contribution in [0.15, 0.2) is 0 Å². The molecule has 0 aliphatic heterocycles. The molecule has 0 saturated heterocycles. The van der Waals surface area contributed by atoms with E-state index in [0.29, 0.717) is 0 Å². The van der Waals surface area contributed by atoms with E-state index in [1.807, 2.05) is 0 Å². The van der Waals surface area contributed by atoms with Crippen molar-refractivity contribution in [1.29, 1.82) is 0 Å². The molecule has 0 aromatic heterocycles. The first-order chi connectivity index (χ1) is 1.73. The Labute approximate surface area is 79.5 Å². The molecule has 10 N–H and O–H groups in total. The van der Waals surface area contributed by atoms with Crippen LogP contribution in [-0.2, 0) is 0 Å². The zero-order valence-electron chi connectivity index (χ0n) is 5.30. The zero-order chi connectivity index (χ0) is 3.58. The first-order valence-electron chi connectivity index (χ1n) is 0.707. The van der Waals surface area contributed by atoms with E-state index in [0.717, 1.165) is 0 Å². The summed E-state index contributed by atoms with van der Waals surface area (Å²) in [5.41, 5.74) is 0. The van der Waals surface area contributed by atoms with Crippen LogP contribution in [0.1, 0.15) is 0 Å². The molecule has 0 heterocycles. The molecule has 0 spiro atoms. The van der Waals surface area contributed by atoms with Crippen LogP contribution in [0.2, 0.25) is 0 Å². The number of hydrogen-bond acceptors (Lipinski definition) is 3. The predicted octanol–water partition coefficient (Wildman–Crippen LogP) is -11.1. The van der Waals surface area contributed by atoms with Gasteiger partial charge in [-0.05, 0) is 0 Å². The number of rotatable bonds is 0. The third-order valence-corrected chi connectivity index (χ3v) is 0. The maximum atomic E-state index is 8.42. The molecule has 0 atom stereocenters. The monoisotopic (exact) mass is 172 g/mol. The topological polar surface area (TPSA) is 227 Å². The van der Waals surface area contributed by atoms with Crippen molar-refractivity contribution in [3.63, 3.8) is 0 Å². The zero-order valence-corrected chi connectivity index (χ0v) is 7.30. The summed E-state index contributed by atoms with van der Waals surface area (Å²) in [6.45, 7) is 0. The van der Waals surface area contributed by atoms with Gasteiger partial charge in [-0.2, -0.15) is 0 Å². The Hall–Kier alpha value is 0.745. The van der Waals surface area contributed by atoms with Crippen molar-refractivity contribution in [2.24, 2.45) is 0 Å². The Morgan fingerprint density at radius 3 is 0.600 bits per heavy atom. The van der Waals surface area contributed by atoms with E-state index in [2.05, 4.69) is 0 Å². The van der Waals surface area contributed by atoms with Gasteiger partial charge in [-0.1, -0.05) is 0 Å². The molecule has 0 aromatic rings. The largest absolute Gasteiger partial charge is 1.00 e. The number of hydrogen-bond donors (Lipinski definition) is 0. The molecule has 0 fully saturated rings. The van der Waals surface area contributed by atoms with Crippen LogP contribution in [0, 0.1) is 0 Å². The third-order valence-electron chi connectivity index (χ3n) is 0. The fourth-order valence-corrected chi connectivity index (χ4v) is 0. The van der Waals surface area contributed by atoms with Crippen molar-refractivity contribution in [3.05, 3.63) is 0 Å². The summed E-state index contributed by atoms with van der Waals surface area (Å²) in [5.74, 6) is 0. The molecular formula is H10BNaO8-2. The average molecular weight is 172 g/mol. The van der Waals surface area contributed by atoms with Crippen molar-refractivity contribution in [2.45, 2.75) is 0 Å². The summed E-state index contributed by atoms with van der Waals surface area (Å²) in [5, 5.41) is 25.2. The summed E-state index contributed by atoms with van der Waals surface area (Å²) in [6.07, 6.45) is 0. The SMILES string of the molecule is O.O.O.O.O.[Na+].[O-]B([O-])[O-]. The Balaban J connectivity index is -0.00000000300. The van der Waals surface area contributed by atoms with Gasteiger partial charge in [-0.25, -0.2) is 0 Å². The predicted molar refractivity (Wildman–Crippen MR) is 23.8 cm³/mol. The second-order valence-corrected chi connectivity index (χ2v) is 0.289. The maximum Gasteiger partial charge on any atom is 1.00 e. The molecule has 64 valence electrons. The average Bonchev–Trinajstić information content (AvgIpc) is 0.811. The molecule has 10 heavy (non-hydrogen) atoms. The van der Waals surface area contributed by atoms with Gasteiger partial charge in [0.15, 0.2) is 0 Å². The molecule has 0 radical (unpaired) electrons. The second-order valence-electron chi connectivity index (χ2n) is 0.289. The van der Waals surface area contributed by atoms with E-state index in [-0.39, 0.29) is 56.9 Å². The van der Waals surface area contributed by atoms with Crippen LogP contribution in [0.25, 0.3) is 0 Å². The minimum atomic E-state index is -2.92. The molecule has 0 saturated carbocycles. The van der Waals surface area contributed by atoms with Crippen molar-refractivity contribution in [2.75, 3.05) is 0 Å². The molecule has 0 aliphatic rings. The fraction of sp³-hybridized carbons (Fsp3) is 0. The van der Waals surface area contributed by atoms with Crippen molar-refractivity contribution in [1.82, 2.24) is 0 Å². The van der Waals surface area contributed by atoms with E-state index in [1.165, 1.54) is 0 Å². The van der Waals surface area contributed by atoms with Gasteiger partial charge in [0.1, 0.15) is 0 Å². The van der Waals surface area contributed by atoms with Crippen molar-refractivity contribution >= 4 is 7.32 Å². The molecule has 0 bridgehead atoms. The minimum absolute atomic E-state index is 0. The van der Waals surface area contributed by atoms with Crippen LogP contribution in [0.5, 0.6) is 0 Å². The molecule has 0 amide bonds. The van der Waals surface area contributed by atoms with Gasteiger partial charge >= 0.3 is 29.6 Å². The summed E-state index contributed by atoms with van der Waals surface area (Å²) >= 11 is 0. The summed E-state index contributed by atoms with van der Waals surface area (Å²) in [4.78, 5) is 0. The van der Waals surface area contributed by atoms with Crippen LogP contribution in [0.3, 0.4) is 0 Å². The molecule has 0 unspecified atom stereocenters. The van der Waals surface area contributed by atoms with Crippen LogP contribution in [0.4, 0.5) is 0 Å². The van der Waals surface area contributed by atoms with Gasteiger partial charge in [0, 0.05) is 0 Å². The fourth-order valence-electron chi connectivity index (χ4n) is 0.